The first-order chi connectivity index (χ1) is 12.3. The van der Waals surface area contributed by atoms with Gasteiger partial charge in [0.2, 0.25) is 5.88 Å². The van der Waals surface area contributed by atoms with E-state index < -0.39 is 0 Å². The third kappa shape index (κ3) is 4.82. The molecule has 0 bridgehead atoms. The van der Waals surface area contributed by atoms with Gasteiger partial charge in [-0.3, -0.25) is 4.79 Å². The number of ether oxygens (including phenoxy) is 2. The van der Waals surface area contributed by atoms with E-state index in [9.17, 15) is 9.90 Å². The summed E-state index contributed by atoms with van der Waals surface area (Å²) in [7, 11) is 0. The molecule has 1 aromatic heterocycles. The Kier molecular flexibility index (Phi) is 6.75. The van der Waals surface area contributed by atoms with Crippen molar-refractivity contribution in [3.8, 4) is 17.0 Å². The van der Waals surface area contributed by atoms with Crippen LogP contribution in [0.1, 0.15) is 42.7 Å². The molecular formula is C21H27NO4. The molecule has 5 nitrogen and oxygen atoms in total. The standard InChI is InChI=1S/C21H27NO4/c1-13-11-20(25-10-9-14(2)26-17(5)24)22-16(4)21(13)19-8-6-7-18(12-23)15(19)3/h6-8,11,14,23H,9-10,12H2,1-5H3/t14-/m1/s1. The summed E-state index contributed by atoms with van der Waals surface area (Å²) in [6.07, 6.45) is 0.427. The van der Waals surface area contributed by atoms with Crippen molar-refractivity contribution in [2.75, 3.05) is 6.61 Å². The van der Waals surface area contributed by atoms with Gasteiger partial charge in [-0.2, -0.15) is 0 Å². The Morgan fingerprint density at radius 3 is 2.62 bits per heavy atom. The monoisotopic (exact) mass is 357 g/mol. The van der Waals surface area contributed by atoms with Crippen LogP contribution in [0.25, 0.3) is 11.1 Å². The van der Waals surface area contributed by atoms with E-state index >= 15 is 0 Å². The fourth-order valence-corrected chi connectivity index (χ4v) is 3.07. The summed E-state index contributed by atoms with van der Waals surface area (Å²) in [5.41, 5.74) is 6.07. The van der Waals surface area contributed by atoms with Gasteiger partial charge < -0.3 is 14.6 Å². The molecule has 0 radical (unpaired) electrons. The molecule has 0 aliphatic carbocycles. The largest absolute Gasteiger partial charge is 0.478 e. The van der Waals surface area contributed by atoms with Crippen LogP contribution in [0.2, 0.25) is 0 Å². The average Bonchev–Trinajstić information content (AvgIpc) is 2.55. The summed E-state index contributed by atoms with van der Waals surface area (Å²) in [4.78, 5) is 15.5. The highest BCUT2D eigenvalue weighted by Gasteiger charge is 2.14. The topological polar surface area (TPSA) is 68.7 Å². The minimum Gasteiger partial charge on any atom is -0.478 e. The summed E-state index contributed by atoms with van der Waals surface area (Å²) in [5.74, 6) is 0.280. The van der Waals surface area contributed by atoms with Gasteiger partial charge >= 0.3 is 5.97 Å². The van der Waals surface area contributed by atoms with Crippen molar-refractivity contribution in [1.82, 2.24) is 4.98 Å². The van der Waals surface area contributed by atoms with Gasteiger partial charge in [-0.15, -0.1) is 0 Å². The van der Waals surface area contributed by atoms with Gasteiger partial charge in [-0.25, -0.2) is 4.98 Å². The first kappa shape index (κ1) is 19.9. The molecule has 0 fully saturated rings. The number of hydrogen-bond acceptors (Lipinski definition) is 5. The number of carbonyl (C=O) groups excluding carboxylic acids is 1. The van der Waals surface area contributed by atoms with E-state index in [-0.39, 0.29) is 18.7 Å². The maximum atomic E-state index is 10.9. The predicted octanol–water partition coefficient (Wildman–Crippen LogP) is 3.89. The van der Waals surface area contributed by atoms with Crippen molar-refractivity contribution >= 4 is 5.97 Å². The molecule has 1 N–H and O–H groups in total. The lowest BCUT2D eigenvalue weighted by molar-refractivity contribution is -0.145. The van der Waals surface area contributed by atoms with Crippen LogP contribution in [0, 0.1) is 20.8 Å². The Morgan fingerprint density at radius 2 is 2.00 bits per heavy atom. The Morgan fingerprint density at radius 1 is 1.27 bits per heavy atom. The summed E-state index contributed by atoms with van der Waals surface area (Å²) < 4.78 is 10.8. The van der Waals surface area contributed by atoms with E-state index in [1.807, 2.05) is 52.0 Å². The van der Waals surface area contributed by atoms with Crippen molar-refractivity contribution in [3.63, 3.8) is 0 Å². The molecule has 1 aromatic carbocycles. The van der Waals surface area contributed by atoms with E-state index in [0.717, 1.165) is 33.5 Å². The summed E-state index contributed by atoms with van der Waals surface area (Å²) >= 11 is 0. The fourth-order valence-electron chi connectivity index (χ4n) is 3.07. The summed E-state index contributed by atoms with van der Waals surface area (Å²) in [6.45, 7) is 9.70. The number of hydrogen-bond donors (Lipinski definition) is 1. The third-order valence-electron chi connectivity index (χ3n) is 4.40. The van der Waals surface area contributed by atoms with Gasteiger partial charge in [0.15, 0.2) is 0 Å². The average molecular weight is 357 g/mol. The van der Waals surface area contributed by atoms with Crippen molar-refractivity contribution < 1.29 is 19.4 Å². The molecule has 0 unspecified atom stereocenters. The number of nitrogens with zero attached hydrogens (tertiary/aromatic N) is 1. The van der Waals surface area contributed by atoms with Crippen molar-refractivity contribution in [2.45, 2.75) is 53.8 Å². The number of aryl methyl sites for hydroxylation is 2. The zero-order valence-corrected chi connectivity index (χ0v) is 16.1. The van der Waals surface area contributed by atoms with E-state index in [0.29, 0.717) is 18.9 Å². The maximum Gasteiger partial charge on any atom is 0.302 e. The molecule has 2 aromatic rings. The zero-order chi connectivity index (χ0) is 19.3. The highest BCUT2D eigenvalue weighted by Crippen LogP contribution is 2.32. The fraction of sp³-hybridized carbons (Fsp3) is 0.429. The van der Waals surface area contributed by atoms with Crippen LogP contribution in [0.5, 0.6) is 5.88 Å². The van der Waals surface area contributed by atoms with Gasteiger partial charge in [-0.1, -0.05) is 18.2 Å². The van der Waals surface area contributed by atoms with Gasteiger partial charge in [0, 0.05) is 30.7 Å². The lowest BCUT2D eigenvalue weighted by Gasteiger charge is -2.17. The van der Waals surface area contributed by atoms with Crippen LogP contribution in [-0.2, 0) is 16.1 Å². The van der Waals surface area contributed by atoms with E-state index in [1.165, 1.54) is 6.92 Å². The van der Waals surface area contributed by atoms with E-state index in [4.69, 9.17) is 9.47 Å². The number of aliphatic hydroxyl groups is 1. The lowest BCUT2D eigenvalue weighted by Crippen LogP contribution is -2.16. The van der Waals surface area contributed by atoms with Crippen LogP contribution in [0.3, 0.4) is 0 Å². The van der Waals surface area contributed by atoms with E-state index in [2.05, 4.69) is 4.98 Å². The van der Waals surface area contributed by atoms with Gasteiger partial charge in [-0.05, 0) is 49.9 Å². The van der Waals surface area contributed by atoms with Crippen molar-refractivity contribution in [2.24, 2.45) is 0 Å². The molecule has 1 atom stereocenters. The smallest absolute Gasteiger partial charge is 0.302 e. The van der Waals surface area contributed by atoms with Gasteiger partial charge in [0.05, 0.1) is 13.2 Å². The Bertz CT molecular complexity index is 763. The van der Waals surface area contributed by atoms with Gasteiger partial charge in [0.1, 0.15) is 6.10 Å². The van der Waals surface area contributed by atoms with Crippen LogP contribution < -0.4 is 4.74 Å². The molecule has 5 heteroatoms. The third-order valence-corrected chi connectivity index (χ3v) is 4.40. The van der Waals surface area contributed by atoms with Gasteiger partial charge in [0.25, 0.3) is 0 Å². The molecule has 2 rings (SSSR count). The highest BCUT2D eigenvalue weighted by atomic mass is 16.5. The second kappa shape index (κ2) is 8.81. The van der Waals surface area contributed by atoms with Crippen molar-refractivity contribution in [3.05, 3.63) is 46.6 Å². The molecule has 0 amide bonds. The number of aliphatic hydroxyl groups excluding tert-OH is 1. The Hall–Kier alpha value is -2.40. The predicted molar refractivity (Wildman–Crippen MR) is 101 cm³/mol. The molecule has 0 aliphatic heterocycles. The highest BCUT2D eigenvalue weighted by molar-refractivity contribution is 5.73. The summed E-state index contributed by atoms with van der Waals surface area (Å²) in [6, 6.07) is 7.85. The number of pyridine rings is 1. The first-order valence-electron chi connectivity index (χ1n) is 8.81. The second-order valence-electron chi connectivity index (χ2n) is 6.54. The number of benzene rings is 1. The summed E-state index contributed by atoms with van der Waals surface area (Å²) in [5, 5.41) is 9.50. The molecule has 0 saturated heterocycles. The minimum atomic E-state index is -0.285. The minimum absolute atomic E-state index is 0.0207. The Balaban J connectivity index is 2.17. The zero-order valence-electron chi connectivity index (χ0n) is 16.1. The normalized spacial score (nSPS) is 11.9. The first-order valence-corrected chi connectivity index (χ1v) is 8.81. The maximum absolute atomic E-state index is 10.9. The van der Waals surface area contributed by atoms with Crippen molar-refractivity contribution in [1.29, 1.82) is 0 Å². The lowest BCUT2D eigenvalue weighted by atomic mass is 9.93. The van der Waals surface area contributed by atoms with Crippen LogP contribution in [0.15, 0.2) is 24.3 Å². The molecule has 140 valence electrons. The van der Waals surface area contributed by atoms with Crippen LogP contribution in [0.4, 0.5) is 0 Å². The number of esters is 1. The second-order valence-corrected chi connectivity index (χ2v) is 6.54. The van der Waals surface area contributed by atoms with Crippen LogP contribution in [-0.4, -0.2) is 28.8 Å². The number of rotatable bonds is 7. The molecule has 0 saturated carbocycles. The Labute approximate surface area is 155 Å². The SMILES string of the molecule is CC(=O)O[C@H](C)CCOc1cc(C)c(-c2cccc(CO)c2C)c(C)n1. The number of aromatic nitrogens is 1. The van der Waals surface area contributed by atoms with E-state index in [1.54, 1.807) is 0 Å². The molecule has 0 aliphatic rings. The number of carbonyl (C=O) groups is 1. The van der Waals surface area contributed by atoms with Crippen LogP contribution >= 0.6 is 0 Å². The molecule has 0 spiro atoms. The molecule has 26 heavy (non-hydrogen) atoms. The quantitative estimate of drug-likeness (QED) is 0.762. The molecular weight excluding hydrogens is 330 g/mol. The molecule has 1 heterocycles.